The maximum Gasteiger partial charge on any atom is 0.133 e. The SMILES string of the molecule is C=C(O)C(Sc1nc2c(c(-c3cccs3)c1C#N)CCCN2C)c1ccccc1. The van der Waals surface area contributed by atoms with Crippen molar-refractivity contribution in [3.63, 3.8) is 0 Å². The van der Waals surface area contributed by atoms with E-state index in [-0.39, 0.29) is 11.0 Å². The molecule has 0 bridgehead atoms. The van der Waals surface area contributed by atoms with Crippen LogP contribution in [0.3, 0.4) is 0 Å². The zero-order valence-electron chi connectivity index (χ0n) is 16.1. The number of fused-ring (bicyclic) bond motifs is 1. The van der Waals surface area contributed by atoms with Crippen LogP contribution in [0.2, 0.25) is 0 Å². The van der Waals surface area contributed by atoms with Crippen molar-refractivity contribution in [3.05, 3.63) is 76.9 Å². The van der Waals surface area contributed by atoms with Crippen LogP contribution in [0.4, 0.5) is 5.82 Å². The normalized spacial score (nSPS) is 14.1. The highest BCUT2D eigenvalue weighted by Crippen LogP contribution is 2.46. The van der Waals surface area contributed by atoms with Crippen molar-refractivity contribution in [1.29, 1.82) is 5.26 Å². The van der Waals surface area contributed by atoms with E-state index in [1.54, 1.807) is 11.3 Å². The van der Waals surface area contributed by atoms with Gasteiger partial charge < -0.3 is 10.0 Å². The van der Waals surface area contributed by atoms with E-state index >= 15 is 0 Å². The number of aromatic nitrogens is 1. The van der Waals surface area contributed by atoms with Gasteiger partial charge in [-0.25, -0.2) is 4.98 Å². The fourth-order valence-corrected chi connectivity index (χ4v) is 5.55. The summed E-state index contributed by atoms with van der Waals surface area (Å²) in [5.74, 6) is 0.979. The van der Waals surface area contributed by atoms with Gasteiger partial charge in [0.15, 0.2) is 0 Å². The minimum absolute atomic E-state index is 0.0515. The van der Waals surface area contributed by atoms with E-state index in [0.29, 0.717) is 10.6 Å². The number of thiophene rings is 1. The monoisotopic (exact) mass is 419 g/mol. The number of nitrogens with zero attached hydrogens (tertiary/aromatic N) is 3. The van der Waals surface area contributed by atoms with Gasteiger partial charge in [-0.05, 0) is 29.9 Å². The van der Waals surface area contributed by atoms with Crippen LogP contribution < -0.4 is 4.90 Å². The summed E-state index contributed by atoms with van der Waals surface area (Å²) in [6.45, 7) is 4.71. The van der Waals surface area contributed by atoms with E-state index in [0.717, 1.165) is 46.8 Å². The highest BCUT2D eigenvalue weighted by Gasteiger charge is 2.28. The van der Waals surface area contributed by atoms with Gasteiger partial charge in [0.05, 0.1) is 10.8 Å². The molecule has 1 aliphatic heterocycles. The van der Waals surface area contributed by atoms with E-state index in [4.69, 9.17) is 4.98 Å². The molecule has 4 rings (SSSR count). The first-order valence-corrected chi connectivity index (χ1v) is 11.2. The lowest BCUT2D eigenvalue weighted by Crippen LogP contribution is -2.27. The summed E-state index contributed by atoms with van der Waals surface area (Å²) in [6, 6.07) is 16.2. The first-order chi connectivity index (χ1) is 14.1. The number of rotatable bonds is 5. The standard InChI is InChI=1S/C23H21N3OS2/c1-15(27)21(16-8-4-3-5-9-16)29-23-18(14-24)20(19-11-7-13-28-19)17-10-6-12-26(2)22(17)25-23/h3-5,7-9,11,13,21,27H,1,6,10,12H2,2H3. The van der Waals surface area contributed by atoms with Crippen molar-refractivity contribution in [1.82, 2.24) is 4.98 Å². The molecular weight excluding hydrogens is 398 g/mol. The molecule has 0 fully saturated rings. The summed E-state index contributed by atoms with van der Waals surface area (Å²) in [6.07, 6.45) is 1.95. The zero-order chi connectivity index (χ0) is 20.4. The Balaban J connectivity index is 1.89. The van der Waals surface area contributed by atoms with Gasteiger partial charge in [0.25, 0.3) is 0 Å². The lowest BCUT2D eigenvalue weighted by Gasteiger charge is -2.29. The first-order valence-electron chi connectivity index (χ1n) is 9.41. The van der Waals surface area contributed by atoms with Crippen molar-refractivity contribution in [2.75, 3.05) is 18.5 Å². The molecule has 3 aromatic rings. The summed E-state index contributed by atoms with van der Waals surface area (Å²) in [4.78, 5) is 8.14. The van der Waals surface area contributed by atoms with Gasteiger partial charge in [-0.3, -0.25) is 0 Å². The predicted octanol–water partition coefficient (Wildman–Crippen LogP) is 5.97. The Morgan fingerprint density at radius 3 is 2.76 bits per heavy atom. The fraction of sp³-hybridized carbons (Fsp3) is 0.217. The van der Waals surface area contributed by atoms with E-state index < -0.39 is 0 Å². The van der Waals surface area contributed by atoms with Crippen LogP contribution in [-0.4, -0.2) is 23.7 Å². The third-order valence-electron chi connectivity index (χ3n) is 5.04. The molecule has 0 amide bonds. The second-order valence-corrected chi connectivity index (χ2v) is 9.02. The molecule has 0 aliphatic carbocycles. The van der Waals surface area contributed by atoms with Crippen LogP contribution >= 0.6 is 23.1 Å². The highest BCUT2D eigenvalue weighted by molar-refractivity contribution is 7.99. The van der Waals surface area contributed by atoms with Gasteiger partial charge in [-0.2, -0.15) is 5.26 Å². The zero-order valence-corrected chi connectivity index (χ0v) is 17.8. The van der Waals surface area contributed by atoms with Crippen LogP contribution in [0.1, 0.15) is 28.4 Å². The Morgan fingerprint density at radius 2 is 2.10 bits per heavy atom. The fourth-order valence-electron chi connectivity index (χ4n) is 3.69. The molecule has 29 heavy (non-hydrogen) atoms. The van der Waals surface area contributed by atoms with E-state index in [2.05, 4.69) is 23.6 Å². The smallest absolute Gasteiger partial charge is 0.133 e. The molecule has 1 atom stereocenters. The molecule has 1 aromatic carbocycles. The van der Waals surface area contributed by atoms with Crippen molar-refractivity contribution in [2.45, 2.75) is 23.1 Å². The lowest BCUT2D eigenvalue weighted by molar-refractivity contribution is 0.398. The average molecular weight is 420 g/mol. The molecule has 2 aromatic heterocycles. The van der Waals surface area contributed by atoms with Crippen LogP contribution in [0.15, 0.2) is 65.2 Å². The number of thioether (sulfide) groups is 1. The molecule has 0 saturated carbocycles. The van der Waals surface area contributed by atoms with Crippen molar-refractivity contribution in [3.8, 4) is 16.5 Å². The maximum absolute atomic E-state index is 10.3. The van der Waals surface area contributed by atoms with E-state index in [9.17, 15) is 10.4 Å². The molecule has 0 spiro atoms. The molecule has 1 unspecified atom stereocenters. The summed E-state index contributed by atoms with van der Waals surface area (Å²) in [7, 11) is 2.04. The molecule has 3 heterocycles. The molecule has 146 valence electrons. The summed E-state index contributed by atoms with van der Waals surface area (Å²) < 4.78 is 0. The summed E-state index contributed by atoms with van der Waals surface area (Å²) >= 11 is 3.02. The topological polar surface area (TPSA) is 60.2 Å². The van der Waals surface area contributed by atoms with Crippen molar-refractivity contribution in [2.24, 2.45) is 0 Å². The van der Waals surface area contributed by atoms with Gasteiger partial charge >= 0.3 is 0 Å². The third-order valence-corrected chi connectivity index (χ3v) is 7.22. The largest absolute Gasteiger partial charge is 0.511 e. The molecule has 1 aliphatic rings. The third kappa shape index (κ3) is 3.76. The number of hydrogen-bond donors (Lipinski definition) is 1. The molecule has 6 heteroatoms. The maximum atomic E-state index is 10.3. The number of aliphatic hydroxyl groups is 1. The number of pyridine rings is 1. The Kier molecular flexibility index (Phi) is 5.61. The average Bonchev–Trinajstić information content (AvgIpc) is 3.26. The Morgan fingerprint density at radius 1 is 1.31 bits per heavy atom. The quantitative estimate of drug-likeness (QED) is 0.408. The molecule has 0 saturated heterocycles. The highest BCUT2D eigenvalue weighted by atomic mass is 32.2. The summed E-state index contributed by atoms with van der Waals surface area (Å²) in [5, 5.41) is 22.7. The van der Waals surface area contributed by atoms with Crippen LogP contribution in [0.25, 0.3) is 10.4 Å². The van der Waals surface area contributed by atoms with Crippen LogP contribution in [0.5, 0.6) is 0 Å². The molecule has 1 N–H and O–H groups in total. The van der Waals surface area contributed by atoms with Gasteiger partial charge in [0.2, 0.25) is 0 Å². The van der Waals surface area contributed by atoms with Crippen LogP contribution in [-0.2, 0) is 6.42 Å². The van der Waals surface area contributed by atoms with Gasteiger partial charge in [0.1, 0.15) is 22.7 Å². The second kappa shape index (κ2) is 8.32. The number of nitriles is 1. The lowest BCUT2D eigenvalue weighted by atomic mass is 9.96. The number of benzene rings is 1. The van der Waals surface area contributed by atoms with E-state index in [1.807, 2.05) is 48.8 Å². The molecule has 0 radical (unpaired) electrons. The Hall–Kier alpha value is -2.75. The Bertz CT molecular complexity index is 1070. The summed E-state index contributed by atoms with van der Waals surface area (Å²) in [5.41, 5.74) is 3.63. The van der Waals surface area contributed by atoms with E-state index in [1.165, 1.54) is 11.8 Å². The van der Waals surface area contributed by atoms with Crippen molar-refractivity contribution >= 4 is 28.9 Å². The van der Waals surface area contributed by atoms with Crippen molar-refractivity contribution < 1.29 is 5.11 Å². The molecule has 4 nitrogen and oxygen atoms in total. The number of hydrogen-bond acceptors (Lipinski definition) is 6. The first kappa shape index (κ1) is 19.6. The minimum Gasteiger partial charge on any atom is -0.511 e. The van der Waals surface area contributed by atoms with Gasteiger partial charge in [-0.1, -0.05) is 54.7 Å². The minimum atomic E-state index is -0.390. The Labute approximate surface area is 179 Å². The van der Waals surface area contributed by atoms with Gasteiger partial charge in [0, 0.05) is 29.6 Å². The molecular formula is C23H21N3OS2. The van der Waals surface area contributed by atoms with Gasteiger partial charge in [-0.15, -0.1) is 11.3 Å². The second-order valence-electron chi connectivity index (χ2n) is 6.98. The number of anilines is 1. The van der Waals surface area contributed by atoms with Crippen LogP contribution in [0, 0.1) is 11.3 Å². The number of aliphatic hydroxyl groups excluding tert-OH is 1. The predicted molar refractivity (Wildman–Crippen MR) is 121 cm³/mol.